The van der Waals surface area contributed by atoms with E-state index in [0.29, 0.717) is 5.95 Å². The summed E-state index contributed by atoms with van der Waals surface area (Å²) in [4.78, 5) is 12.6. The van der Waals surface area contributed by atoms with Crippen molar-refractivity contribution in [2.75, 3.05) is 17.2 Å². The summed E-state index contributed by atoms with van der Waals surface area (Å²) in [5, 5.41) is 6.53. The molecule has 6 nitrogen and oxygen atoms in total. The molecule has 2 aromatic rings. The molecule has 19 heavy (non-hydrogen) atoms. The van der Waals surface area contributed by atoms with Gasteiger partial charge in [0.25, 0.3) is 0 Å². The Bertz CT molecular complexity index is 482. The molecule has 0 aliphatic carbocycles. The fourth-order valence-corrected chi connectivity index (χ4v) is 1.77. The zero-order chi connectivity index (χ0) is 13.5. The molecule has 2 aromatic heterocycles. The number of rotatable bonds is 7. The second-order valence-corrected chi connectivity index (χ2v) is 4.50. The van der Waals surface area contributed by atoms with Crippen molar-refractivity contribution in [3.05, 3.63) is 31.0 Å². The largest absolute Gasteiger partial charge is 0.366 e. The summed E-state index contributed by atoms with van der Waals surface area (Å²) < 4.78 is 2.04. The summed E-state index contributed by atoms with van der Waals surface area (Å²) in [6.45, 7) is 5.96. The van der Waals surface area contributed by atoms with Crippen LogP contribution in [0.2, 0.25) is 0 Å². The molecule has 2 heterocycles. The van der Waals surface area contributed by atoms with Crippen molar-refractivity contribution in [1.82, 2.24) is 19.5 Å². The Labute approximate surface area is 113 Å². The van der Waals surface area contributed by atoms with E-state index in [9.17, 15) is 0 Å². The highest BCUT2D eigenvalue weighted by molar-refractivity contribution is 5.40. The van der Waals surface area contributed by atoms with Crippen LogP contribution in [-0.2, 0) is 6.54 Å². The number of nitrogens with zero attached hydrogens (tertiary/aromatic N) is 4. The van der Waals surface area contributed by atoms with Crippen molar-refractivity contribution in [2.45, 2.75) is 32.9 Å². The molecule has 1 unspecified atom stereocenters. The second kappa shape index (κ2) is 6.72. The molecule has 0 saturated heterocycles. The minimum Gasteiger partial charge on any atom is -0.366 e. The molecule has 0 aliphatic rings. The standard InChI is InChI=1S/C13H20N6/c1-3-5-15-13-16-6-4-12(18-13)17-11(2)9-19-8-7-14-10-19/h4,6-8,10-11H,3,5,9H2,1-2H3,(H2,15,16,17,18). The molecular formula is C13H20N6. The summed E-state index contributed by atoms with van der Waals surface area (Å²) in [6.07, 6.45) is 8.36. The molecule has 0 fully saturated rings. The van der Waals surface area contributed by atoms with Gasteiger partial charge in [-0.15, -0.1) is 0 Å². The Morgan fingerprint density at radius 1 is 1.37 bits per heavy atom. The van der Waals surface area contributed by atoms with Crippen molar-refractivity contribution in [3.8, 4) is 0 Å². The Morgan fingerprint density at radius 3 is 3.00 bits per heavy atom. The molecule has 0 aliphatic heterocycles. The summed E-state index contributed by atoms with van der Waals surface area (Å²) in [5.41, 5.74) is 0. The summed E-state index contributed by atoms with van der Waals surface area (Å²) in [7, 11) is 0. The van der Waals surface area contributed by atoms with Crippen LogP contribution in [0.4, 0.5) is 11.8 Å². The zero-order valence-corrected chi connectivity index (χ0v) is 11.4. The van der Waals surface area contributed by atoms with E-state index < -0.39 is 0 Å². The van der Waals surface area contributed by atoms with Crippen LogP contribution in [0.25, 0.3) is 0 Å². The highest BCUT2D eigenvalue weighted by Crippen LogP contribution is 2.08. The molecule has 6 heteroatoms. The minimum absolute atomic E-state index is 0.267. The van der Waals surface area contributed by atoms with E-state index in [2.05, 4.69) is 39.4 Å². The van der Waals surface area contributed by atoms with Crippen molar-refractivity contribution < 1.29 is 0 Å². The lowest BCUT2D eigenvalue weighted by Gasteiger charge is -2.15. The van der Waals surface area contributed by atoms with Gasteiger partial charge in [-0.25, -0.2) is 9.97 Å². The normalized spacial score (nSPS) is 12.1. The van der Waals surface area contributed by atoms with Crippen molar-refractivity contribution in [3.63, 3.8) is 0 Å². The number of nitrogens with one attached hydrogen (secondary N) is 2. The molecule has 102 valence electrons. The molecule has 0 bridgehead atoms. The van der Waals surface area contributed by atoms with E-state index >= 15 is 0 Å². The fraction of sp³-hybridized carbons (Fsp3) is 0.462. The molecule has 2 N–H and O–H groups in total. The summed E-state index contributed by atoms with van der Waals surface area (Å²) in [5.74, 6) is 1.50. The highest BCUT2D eigenvalue weighted by Gasteiger charge is 2.04. The van der Waals surface area contributed by atoms with Gasteiger partial charge >= 0.3 is 0 Å². The van der Waals surface area contributed by atoms with Crippen LogP contribution >= 0.6 is 0 Å². The highest BCUT2D eigenvalue weighted by atomic mass is 15.2. The maximum atomic E-state index is 4.42. The predicted molar refractivity (Wildman–Crippen MR) is 76.1 cm³/mol. The van der Waals surface area contributed by atoms with Gasteiger partial charge in [0.15, 0.2) is 0 Å². The zero-order valence-electron chi connectivity index (χ0n) is 11.4. The lowest BCUT2D eigenvalue weighted by molar-refractivity contribution is 0.617. The Kier molecular flexibility index (Phi) is 4.72. The van der Waals surface area contributed by atoms with E-state index in [1.807, 2.05) is 23.2 Å². The van der Waals surface area contributed by atoms with Gasteiger partial charge in [-0.1, -0.05) is 6.92 Å². The Morgan fingerprint density at radius 2 is 2.26 bits per heavy atom. The van der Waals surface area contributed by atoms with Crippen LogP contribution in [0.1, 0.15) is 20.3 Å². The number of hydrogen-bond acceptors (Lipinski definition) is 5. The first-order valence-electron chi connectivity index (χ1n) is 6.57. The molecule has 2 rings (SSSR count). The number of imidazole rings is 1. The van der Waals surface area contributed by atoms with Gasteiger partial charge < -0.3 is 15.2 Å². The van der Waals surface area contributed by atoms with Crippen LogP contribution < -0.4 is 10.6 Å². The van der Waals surface area contributed by atoms with Crippen LogP contribution in [0.5, 0.6) is 0 Å². The van der Waals surface area contributed by atoms with E-state index in [4.69, 9.17) is 0 Å². The van der Waals surface area contributed by atoms with Gasteiger partial charge in [-0.3, -0.25) is 0 Å². The number of aromatic nitrogens is 4. The molecule has 0 amide bonds. The first-order chi connectivity index (χ1) is 9.28. The van der Waals surface area contributed by atoms with E-state index in [1.165, 1.54) is 0 Å². The molecule has 0 spiro atoms. The third-order valence-corrected chi connectivity index (χ3v) is 2.63. The lowest BCUT2D eigenvalue weighted by Crippen LogP contribution is -2.22. The molecule has 0 radical (unpaired) electrons. The fourth-order valence-electron chi connectivity index (χ4n) is 1.77. The monoisotopic (exact) mass is 260 g/mol. The van der Waals surface area contributed by atoms with Crippen molar-refractivity contribution in [1.29, 1.82) is 0 Å². The van der Waals surface area contributed by atoms with Gasteiger partial charge in [0, 0.05) is 37.7 Å². The smallest absolute Gasteiger partial charge is 0.224 e. The number of hydrogen-bond donors (Lipinski definition) is 2. The third-order valence-electron chi connectivity index (χ3n) is 2.63. The third kappa shape index (κ3) is 4.24. The Hall–Kier alpha value is -2.11. The van der Waals surface area contributed by atoms with Crippen molar-refractivity contribution >= 4 is 11.8 Å². The Balaban J connectivity index is 1.90. The quantitative estimate of drug-likeness (QED) is 0.797. The van der Waals surface area contributed by atoms with Gasteiger partial charge in [0.1, 0.15) is 5.82 Å². The maximum absolute atomic E-state index is 4.42. The molecule has 0 saturated carbocycles. The first kappa shape index (κ1) is 13.3. The van der Waals surface area contributed by atoms with Gasteiger partial charge in [0.2, 0.25) is 5.95 Å². The van der Waals surface area contributed by atoms with Crippen molar-refractivity contribution in [2.24, 2.45) is 0 Å². The van der Waals surface area contributed by atoms with E-state index in [1.54, 1.807) is 12.4 Å². The minimum atomic E-state index is 0.267. The molecule has 0 aromatic carbocycles. The van der Waals surface area contributed by atoms with Gasteiger partial charge in [-0.05, 0) is 19.4 Å². The molecule has 1 atom stereocenters. The van der Waals surface area contributed by atoms with E-state index in [-0.39, 0.29) is 6.04 Å². The number of anilines is 2. The van der Waals surface area contributed by atoms with E-state index in [0.717, 1.165) is 25.3 Å². The molecular weight excluding hydrogens is 240 g/mol. The topological polar surface area (TPSA) is 67.7 Å². The van der Waals surface area contributed by atoms with Crippen LogP contribution in [0, 0.1) is 0 Å². The van der Waals surface area contributed by atoms with Crippen LogP contribution in [0.3, 0.4) is 0 Å². The summed E-state index contributed by atoms with van der Waals surface area (Å²) in [6, 6.07) is 2.14. The first-order valence-corrected chi connectivity index (χ1v) is 6.57. The van der Waals surface area contributed by atoms with Crippen LogP contribution in [-0.4, -0.2) is 32.1 Å². The van der Waals surface area contributed by atoms with Gasteiger partial charge in [-0.2, -0.15) is 4.98 Å². The van der Waals surface area contributed by atoms with Gasteiger partial charge in [0.05, 0.1) is 6.33 Å². The average Bonchev–Trinajstić information content (AvgIpc) is 2.89. The average molecular weight is 260 g/mol. The lowest BCUT2D eigenvalue weighted by atomic mass is 10.3. The second-order valence-electron chi connectivity index (χ2n) is 4.50. The SMILES string of the molecule is CCCNc1nccc(NC(C)Cn2ccnc2)n1. The maximum Gasteiger partial charge on any atom is 0.224 e. The summed E-state index contributed by atoms with van der Waals surface area (Å²) >= 11 is 0. The predicted octanol–water partition coefficient (Wildman–Crippen LogP) is 2.00. The van der Waals surface area contributed by atoms with Crippen LogP contribution in [0.15, 0.2) is 31.0 Å².